The summed E-state index contributed by atoms with van der Waals surface area (Å²) in [6.07, 6.45) is 0.611. The van der Waals surface area contributed by atoms with Gasteiger partial charge in [-0.25, -0.2) is 9.97 Å². The zero-order valence-corrected chi connectivity index (χ0v) is 20.8. The Morgan fingerprint density at radius 2 is 1.67 bits per heavy atom. The maximum Gasteiger partial charge on any atom is 0.252 e. The predicted molar refractivity (Wildman–Crippen MR) is 132 cm³/mol. The van der Waals surface area contributed by atoms with Gasteiger partial charge < -0.3 is 15.1 Å². The van der Waals surface area contributed by atoms with Crippen molar-refractivity contribution in [1.82, 2.24) is 20.2 Å². The van der Waals surface area contributed by atoms with Crippen molar-refractivity contribution in [2.45, 2.75) is 59.9 Å². The standard InChI is InChI=1S/C26H37N5O2/c1-17(2)15-22(28-25(32)21-10-8-7-9-19(21)5)26(33)31-13-11-30(12-14-31)23-16-20(6)27-24(29-23)18(3)4/h7-10,16-18,22H,11-15H2,1-6H3,(H,28,32). The number of rotatable bonds is 7. The van der Waals surface area contributed by atoms with Crippen molar-refractivity contribution in [2.24, 2.45) is 5.92 Å². The van der Waals surface area contributed by atoms with Gasteiger partial charge in [-0.3, -0.25) is 9.59 Å². The van der Waals surface area contributed by atoms with E-state index in [-0.39, 0.29) is 23.7 Å². The first kappa shape index (κ1) is 24.7. The Kier molecular flexibility index (Phi) is 8.06. The van der Waals surface area contributed by atoms with Crippen molar-refractivity contribution >= 4 is 17.6 Å². The zero-order valence-electron chi connectivity index (χ0n) is 20.8. The molecule has 0 aliphatic carbocycles. The van der Waals surface area contributed by atoms with Crippen LogP contribution in [0.3, 0.4) is 0 Å². The topological polar surface area (TPSA) is 78.4 Å². The number of piperazine rings is 1. The Morgan fingerprint density at radius 1 is 1.00 bits per heavy atom. The van der Waals surface area contributed by atoms with Crippen molar-refractivity contribution in [3.05, 3.63) is 53.0 Å². The summed E-state index contributed by atoms with van der Waals surface area (Å²) in [5.74, 6) is 2.12. The fourth-order valence-corrected chi connectivity index (χ4v) is 4.13. The summed E-state index contributed by atoms with van der Waals surface area (Å²) < 4.78 is 0. The fourth-order valence-electron chi connectivity index (χ4n) is 4.13. The summed E-state index contributed by atoms with van der Waals surface area (Å²) in [6.45, 7) is 14.9. The Balaban J connectivity index is 1.67. The smallest absolute Gasteiger partial charge is 0.252 e. The number of hydrogen-bond donors (Lipinski definition) is 1. The largest absolute Gasteiger partial charge is 0.353 e. The average Bonchev–Trinajstić information content (AvgIpc) is 2.77. The van der Waals surface area contributed by atoms with Gasteiger partial charge >= 0.3 is 0 Å². The summed E-state index contributed by atoms with van der Waals surface area (Å²) in [4.78, 5) is 39.7. The highest BCUT2D eigenvalue weighted by Crippen LogP contribution is 2.20. The molecule has 2 amide bonds. The van der Waals surface area contributed by atoms with Gasteiger partial charge in [-0.15, -0.1) is 0 Å². The molecular weight excluding hydrogens is 414 g/mol. The van der Waals surface area contributed by atoms with Gasteiger partial charge in [-0.2, -0.15) is 0 Å². The first-order chi connectivity index (χ1) is 15.7. The molecule has 1 aromatic carbocycles. The van der Waals surface area contributed by atoms with E-state index in [4.69, 9.17) is 4.98 Å². The van der Waals surface area contributed by atoms with Crippen LogP contribution in [0.25, 0.3) is 0 Å². The number of aromatic nitrogens is 2. The molecule has 1 saturated heterocycles. The third-order valence-electron chi connectivity index (χ3n) is 5.99. The maximum atomic E-state index is 13.4. The SMILES string of the molecule is Cc1cc(N2CCN(C(=O)C(CC(C)C)NC(=O)c3ccccc3C)CC2)nc(C(C)C)n1. The van der Waals surface area contributed by atoms with Crippen LogP contribution < -0.4 is 10.2 Å². The summed E-state index contributed by atoms with van der Waals surface area (Å²) in [7, 11) is 0. The molecule has 0 spiro atoms. The zero-order chi connectivity index (χ0) is 24.1. The predicted octanol–water partition coefficient (Wildman–Crippen LogP) is 3.71. The second-order valence-corrected chi connectivity index (χ2v) is 9.66. The second-order valence-electron chi connectivity index (χ2n) is 9.66. The fraction of sp³-hybridized carbons (Fsp3) is 0.538. The maximum absolute atomic E-state index is 13.4. The molecule has 7 heteroatoms. The second kappa shape index (κ2) is 10.8. The van der Waals surface area contributed by atoms with Gasteiger partial charge in [0.25, 0.3) is 5.91 Å². The molecule has 3 rings (SSSR count). The number of amides is 2. The van der Waals surface area contributed by atoms with Crippen LogP contribution in [0.2, 0.25) is 0 Å². The van der Waals surface area contributed by atoms with E-state index < -0.39 is 6.04 Å². The number of carbonyl (C=O) groups is 2. The molecule has 178 valence electrons. The lowest BCUT2D eigenvalue weighted by atomic mass is 10.0. The lowest BCUT2D eigenvalue weighted by molar-refractivity contribution is -0.134. The van der Waals surface area contributed by atoms with Crippen LogP contribution in [-0.4, -0.2) is 58.9 Å². The molecule has 2 heterocycles. The van der Waals surface area contributed by atoms with Gasteiger partial charge in [0.2, 0.25) is 5.91 Å². The Morgan fingerprint density at radius 3 is 2.27 bits per heavy atom. The minimum Gasteiger partial charge on any atom is -0.353 e. The van der Waals surface area contributed by atoms with Crippen molar-refractivity contribution in [3.8, 4) is 0 Å². The molecule has 1 N–H and O–H groups in total. The molecule has 1 aromatic heterocycles. The van der Waals surface area contributed by atoms with Gasteiger partial charge in [-0.05, 0) is 37.8 Å². The molecular formula is C26H37N5O2. The monoisotopic (exact) mass is 451 g/mol. The van der Waals surface area contributed by atoms with Crippen molar-refractivity contribution in [2.75, 3.05) is 31.1 Å². The van der Waals surface area contributed by atoms with Crippen LogP contribution in [0, 0.1) is 19.8 Å². The quantitative estimate of drug-likeness (QED) is 0.694. The highest BCUT2D eigenvalue weighted by atomic mass is 16.2. The Bertz CT molecular complexity index is 980. The summed E-state index contributed by atoms with van der Waals surface area (Å²) >= 11 is 0. The molecule has 0 bridgehead atoms. The lowest BCUT2D eigenvalue weighted by Crippen LogP contribution is -2.55. The van der Waals surface area contributed by atoms with Gasteiger partial charge in [0.1, 0.15) is 17.7 Å². The Labute approximate surface area is 197 Å². The van der Waals surface area contributed by atoms with E-state index in [0.717, 1.165) is 22.9 Å². The molecule has 1 aliphatic rings. The first-order valence-electron chi connectivity index (χ1n) is 11.9. The molecule has 2 aromatic rings. The van der Waals surface area contributed by atoms with E-state index in [2.05, 4.69) is 42.9 Å². The molecule has 0 saturated carbocycles. The van der Waals surface area contributed by atoms with E-state index in [1.165, 1.54) is 0 Å². The third kappa shape index (κ3) is 6.30. The van der Waals surface area contributed by atoms with Gasteiger partial charge in [0.15, 0.2) is 0 Å². The number of nitrogens with one attached hydrogen (secondary N) is 1. The number of nitrogens with zero attached hydrogens (tertiary/aromatic N) is 4. The molecule has 1 unspecified atom stereocenters. The van der Waals surface area contributed by atoms with Gasteiger partial charge in [-0.1, -0.05) is 45.9 Å². The normalized spacial score (nSPS) is 15.2. The van der Waals surface area contributed by atoms with Crippen LogP contribution in [0.4, 0.5) is 5.82 Å². The van der Waals surface area contributed by atoms with Crippen molar-refractivity contribution < 1.29 is 9.59 Å². The molecule has 1 atom stereocenters. The number of anilines is 1. The van der Waals surface area contributed by atoms with Crippen LogP contribution >= 0.6 is 0 Å². The summed E-state index contributed by atoms with van der Waals surface area (Å²) in [5.41, 5.74) is 2.47. The highest BCUT2D eigenvalue weighted by Gasteiger charge is 2.30. The lowest BCUT2D eigenvalue weighted by Gasteiger charge is -2.37. The van der Waals surface area contributed by atoms with Crippen molar-refractivity contribution in [1.29, 1.82) is 0 Å². The molecule has 0 radical (unpaired) electrons. The van der Waals surface area contributed by atoms with E-state index in [0.29, 0.717) is 38.2 Å². The number of aryl methyl sites for hydroxylation is 2. The number of benzene rings is 1. The first-order valence-corrected chi connectivity index (χ1v) is 11.9. The van der Waals surface area contributed by atoms with Crippen molar-refractivity contribution in [3.63, 3.8) is 0 Å². The Hall–Kier alpha value is -2.96. The van der Waals surface area contributed by atoms with Crippen LogP contribution in [-0.2, 0) is 4.79 Å². The average molecular weight is 452 g/mol. The van der Waals surface area contributed by atoms with E-state index in [9.17, 15) is 9.59 Å². The molecule has 1 fully saturated rings. The number of hydrogen-bond acceptors (Lipinski definition) is 5. The highest BCUT2D eigenvalue weighted by molar-refractivity contribution is 5.98. The minimum absolute atomic E-state index is 0.00739. The molecule has 7 nitrogen and oxygen atoms in total. The molecule has 1 aliphatic heterocycles. The van der Waals surface area contributed by atoms with E-state index in [1.54, 1.807) is 6.07 Å². The van der Waals surface area contributed by atoms with Crippen LogP contribution in [0.1, 0.15) is 67.5 Å². The van der Waals surface area contributed by atoms with E-state index in [1.807, 2.05) is 43.0 Å². The molecule has 33 heavy (non-hydrogen) atoms. The number of carbonyl (C=O) groups excluding carboxylic acids is 2. The van der Waals surface area contributed by atoms with Crippen LogP contribution in [0.15, 0.2) is 30.3 Å². The summed E-state index contributed by atoms with van der Waals surface area (Å²) in [5, 5.41) is 3.01. The minimum atomic E-state index is -0.530. The van der Waals surface area contributed by atoms with Gasteiger partial charge in [0.05, 0.1) is 0 Å². The third-order valence-corrected chi connectivity index (χ3v) is 5.99. The van der Waals surface area contributed by atoms with Crippen LogP contribution in [0.5, 0.6) is 0 Å². The van der Waals surface area contributed by atoms with Gasteiger partial charge in [0, 0.05) is 49.4 Å². The van der Waals surface area contributed by atoms with E-state index >= 15 is 0 Å². The summed E-state index contributed by atoms with van der Waals surface area (Å²) in [6, 6.07) is 8.94.